The molecule has 0 spiro atoms. The van der Waals surface area contributed by atoms with Gasteiger partial charge in [-0.05, 0) is 68.5 Å². The van der Waals surface area contributed by atoms with Crippen molar-refractivity contribution in [1.82, 2.24) is 10.2 Å². The Morgan fingerprint density at radius 3 is 2.69 bits per heavy atom. The van der Waals surface area contributed by atoms with E-state index in [0.29, 0.717) is 18.7 Å². The van der Waals surface area contributed by atoms with Gasteiger partial charge in [-0.25, -0.2) is 0 Å². The van der Waals surface area contributed by atoms with Crippen LogP contribution in [0.5, 0.6) is 0 Å². The van der Waals surface area contributed by atoms with E-state index in [2.05, 4.69) is 11.4 Å². The average Bonchev–Trinajstić information content (AvgIpc) is 3.52. The molecule has 2 heterocycles. The molecule has 0 unspecified atom stereocenters. The van der Waals surface area contributed by atoms with Gasteiger partial charge >= 0.3 is 0 Å². The van der Waals surface area contributed by atoms with Crippen molar-refractivity contribution in [2.45, 2.75) is 82.7 Å². The molecule has 1 atom stereocenters. The largest absolute Gasteiger partial charge is 0.467 e. The van der Waals surface area contributed by atoms with Crippen molar-refractivity contribution in [3.05, 3.63) is 58.2 Å². The average molecular weight is 455 g/mol. The molecule has 0 bridgehead atoms. The molecule has 172 valence electrons. The van der Waals surface area contributed by atoms with Crippen LogP contribution < -0.4 is 5.32 Å². The van der Waals surface area contributed by atoms with E-state index < -0.39 is 6.04 Å². The summed E-state index contributed by atoms with van der Waals surface area (Å²) in [4.78, 5) is 29.8. The molecule has 1 fully saturated rings. The van der Waals surface area contributed by atoms with E-state index in [1.807, 2.05) is 23.6 Å². The van der Waals surface area contributed by atoms with Crippen LogP contribution >= 0.6 is 11.3 Å². The summed E-state index contributed by atoms with van der Waals surface area (Å²) in [6, 6.07) is 7.00. The molecule has 2 aliphatic rings. The second-order valence-electron chi connectivity index (χ2n) is 8.96. The maximum Gasteiger partial charge on any atom is 0.250 e. The summed E-state index contributed by atoms with van der Waals surface area (Å²) >= 11 is 1.58. The normalized spacial score (nSPS) is 18.1. The fourth-order valence-corrected chi connectivity index (χ4v) is 5.55. The zero-order valence-corrected chi connectivity index (χ0v) is 19.6. The van der Waals surface area contributed by atoms with Crippen LogP contribution in [0.4, 0.5) is 0 Å². The van der Waals surface area contributed by atoms with Crippen LogP contribution in [0.2, 0.25) is 0 Å². The first-order valence-electron chi connectivity index (χ1n) is 12.0. The third-order valence-electron chi connectivity index (χ3n) is 6.61. The molecule has 6 heteroatoms. The molecule has 0 saturated heterocycles. The van der Waals surface area contributed by atoms with Crippen molar-refractivity contribution < 1.29 is 14.0 Å². The molecule has 5 nitrogen and oxygen atoms in total. The lowest BCUT2D eigenvalue weighted by Gasteiger charge is -2.32. The molecule has 1 saturated carbocycles. The molecule has 2 amide bonds. The standard InChI is InChI=1S/C26H34N2O3S/c29-24(19-22-13-8-18-32-22)28(16-15-20-9-3-1-4-10-20)25(23-14-7-17-31-23)26(30)27-21-11-5-2-6-12-21/h7-9,13-14,17-18,21,25H,1-6,10-12,15-16,19H2,(H,27,30)/t25-/m0/s1. The number of thiophene rings is 1. The molecule has 2 aliphatic carbocycles. The van der Waals surface area contributed by atoms with Gasteiger partial charge in [0.2, 0.25) is 5.91 Å². The predicted molar refractivity (Wildman–Crippen MR) is 127 cm³/mol. The zero-order valence-electron chi connectivity index (χ0n) is 18.8. The highest BCUT2D eigenvalue weighted by molar-refractivity contribution is 7.10. The Morgan fingerprint density at radius 2 is 2.00 bits per heavy atom. The number of carbonyl (C=O) groups excluding carboxylic acids is 2. The van der Waals surface area contributed by atoms with Gasteiger partial charge < -0.3 is 14.6 Å². The SMILES string of the molecule is O=C(NC1CCCCC1)[C@H](c1ccco1)N(CCC1=CCCCC1)C(=O)Cc1cccs1. The summed E-state index contributed by atoms with van der Waals surface area (Å²) < 4.78 is 5.70. The van der Waals surface area contributed by atoms with Gasteiger partial charge in [0.25, 0.3) is 5.91 Å². The molecular formula is C26H34N2O3S. The van der Waals surface area contributed by atoms with Crippen molar-refractivity contribution >= 4 is 23.2 Å². The summed E-state index contributed by atoms with van der Waals surface area (Å²) in [6.45, 7) is 0.527. The third kappa shape index (κ3) is 6.12. The van der Waals surface area contributed by atoms with Gasteiger partial charge in [-0.2, -0.15) is 0 Å². The summed E-state index contributed by atoms with van der Waals surface area (Å²) in [6.07, 6.45) is 15.2. The van der Waals surface area contributed by atoms with Gasteiger partial charge in [-0.1, -0.05) is 37.0 Å². The number of hydrogen-bond acceptors (Lipinski definition) is 4. The minimum atomic E-state index is -0.733. The number of allylic oxidation sites excluding steroid dienone is 1. The van der Waals surface area contributed by atoms with Gasteiger partial charge in [-0.3, -0.25) is 9.59 Å². The second kappa shape index (κ2) is 11.5. The maximum absolute atomic E-state index is 13.5. The summed E-state index contributed by atoms with van der Waals surface area (Å²) in [7, 11) is 0. The van der Waals surface area contributed by atoms with Crippen LogP contribution in [0.25, 0.3) is 0 Å². The Labute approximate surface area is 194 Å². The first kappa shape index (κ1) is 22.8. The minimum Gasteiger partial charge on any atom is -0.467 e. The molecule has 2 aromatic rings. The Kier molecular flexibility index (Phi) is 8.21. The van der Waals surface area contributed by atoms with Gasteiger partial charge in [0.15, 0.2) is 6.04 Å². The first-order chi connectivity index (χ1) is 15.7. The summed E-state index contributed by atoms with van der Waals surface area (Å²) in [5.41, 5.74) is 1.40. The number of nitrogens with zero attached hydrogens (tertiary/aromatic N) is 1. The van der Waals surface area contributed by atoms with E-state index in [0.717, 1.165) is 49.8 Å². The summed E-state index contributed by atoms with van der Waals surface area (Å²) in [5, 5.41) is 5.22. The Balaban J connectivity index is 1.56. The highest BCUT2D eigenvalue weighted by Gasteiger charge is 2.34. The number of carbonyl (C=O) groups is 2. The van der Waals surface area contributed by atoms with E-state index in [9.17, 15) is 9.59 Å². The van der Waals surface area contributed by atoms with E-state index in [1.54, 1.807) is 28.6 Å². The van der Waals surface area contributed by atoms with Crippen molar-refractivity contribution in [3.63, 3.8) is 0 Å². The van der Waals surface area contributed by atoms with Crippen molar-refractivity contribution in [2.75, 3.05) is 6.54 Å². The second-order valence-corrected chi connectivity index (χ2v) is 10.00. The third-order valence-corrected chi connectivity index (χ3v) is 7.49. The number of hydrogen-bond donors (Lipinski definition) is 1. The maximum atomic E-state index is 13.5. The molecular weight excluding hydrogens is 420 g/mol. The zero-order chi connectivity index (χ0) is 22.2. The number of rotatable bonds is 9. The van der Waals surface area contributed by atoms with Crippen LogP contribution in [-0.2, 0) is 16.0 Å². The van der Waals surface area contributed by atoms with Gasteiger partial charge in [0.1, 0.15) is 5.76 Å². The lowest BCUT2D eigenvalue weighted by Crippen LogP contribution is -2.47. The van der Waals surface area contributed by atoms with E-state index in [4.69, 9.17) is 4.42 Å². The fourth-order valence-electron chi connectivity index (χ4n) is 4.86. The quantitative estimate of drug-likeness (QED) is 0.488. The van der Waals surface area contributed by atoms with Crippen molar-refractivity contribution in [3.8, 4) is 0 Å². The molecule has 0 radical (unpaired) electrons. The Morgan fingerprint density at radius 1 is 1.12 bits per heavy atom. The molecule has 4 rings (SSSR count). The summed E-state index contributed by atoms with van der Waals surface area (Å²) in [5.74, 6) is 0.392. The molecule has 0 aliphatic heterocycles. The highest BCUT2D eigenvalue weighted by atomic mass is 32.1. The van der Waals surface area contributed by atoms with Gasteiger partial charge in [0, 0.05) is 17.5 Å². The van der Waals surface area contributed by atoms with Crippen LogP contribution in [-0.4, -0.2) is 29.3 Å². The topological polar surface area (TPSA) is 62.6 Å². The van der Waals surface area contributed by atoms with Gasteiger partial charge in [0.05, 0.1) is 12.7 Å². The van der Waals surface area contributed by atoms with E-state index >= 15 is 0 Å². The van der Waals surface area contributed by atoms with Crippen molar-refractivity contribution in [2.24, 2.45) is 0 Å². The first-order valence-corrected chi connectivity index (χ1v) is 12.9. The fraction of sp³-hybridized carbons (Fsp3) is 0.538. The lowest BCUT2D eigenvalue weighted by molar-refractivity contribution is -0.141. The number of furan rings is 1. The minimum absolute atomic E-state index is 0.0240. The number of amides is 2. The van der Waals surface area contributed by atoms with Crippen LogP contribution in [0.15, 0.2) is 52.0 Å². The van der Waals surface area contributed by atoms with E-state index in [-0.39, 0.29) is 17.9 Å². The highest BCUT2D eigenvalue weighted by Crippen LogP contribution is 2.28. The van der Waals surface area contributed by atoms with Gasteiger partial charge in [-0.15, -0.1) is 11.3 Å². The molecule has 32 heavy (non-hydrogen) atoms. The Bertz CT molecular complexity index is 882. The molecule has 0 aromatic carbocycles. The smallest absolute Gasteiger partial charge is 0.250 e. The van der Waals surface area contributed by atoms with E-state index in [1.165, 1.54) is 24.8 Å². The Hall–Kier alpha value is -2.34. The van der Waals surface area contributed by atoms with Crippen molar-refractivity contribution in [1.29, 1.82) is 0 Å². The van der Waals surface area contributed by atoms with Crippen LogP contribution in [0.1, 0.15) is 80.9 Å². The number of nitrogens with one attached hydrogen (secondary N) is 1. The molecule has 1 N–H and O–H groups in total. The lowest BCUT2D eigenvalue weighted by atomic mass is 9.95. The predicted octanol–water partition coefficient (Wildman–Crippen LogP) is 5.79. The molecule has 2 aromatic heterocycles. The van der Waals surface area contributed by atoms with Crippen LogP contribution in [0.3, 0.4) is 0 Å². The van der Waals surface area contributed by atoms with Crippen LogP contribution in [0, 0.1) is 0 Å². The monoisotopic (exact) mass is 454 g/mol.